The molecule has 3 N–H and O–H groups in total. The average Bonchev–Trinajstić information content (AvgIpc) is 2.45. The van der Waals surface area contributed by atoms with E-state index in [9.17, 15) is 35.9 Å². The summed E-state index contributed by atoms with van der Waals surface area (Å²) in [5, 5.41) is 2.48. The SMILES string of the molecule is NC1(OC(=O)C(F)(F)F)C=CNc2cccc(OC(=O)C(F)(F)F)c21. The van der Waals surface area contributed by atoms with Crippen molar-refractivity contribution in [2.75, 3.05) is 5.32 Å². The maximum absolute atomic E-state index is 12.4. The molecule has 136 valence electrons. The second-order valence-corrected chi connectivity index (χ2v) is 4.72. The van der Waals surface area contributed by atoms with Crippen molar-refractivity contribution < 1.29 is 45.4 Å². The Morgan fingerprint density at radius 1 is 1.04 bits per heavy atom. The summed E-state index contributed by atoms with van der Waals surface area (Å²) in [5.74, 6) is -6.13. The molecule has 1 aliphatic rings. The fourth-order valence-electron chi connectivity index (χ4n) is 1.93. The minimum absolute atomic E-state index is 0.118. The van der Waals surface area contributed by atoms with Gasteiger partial charge < -0.3 is 14.8 Å². The largest absolute Gasteiger partial charge is 0.491 e. The van der Waals surface area contributed by atoms with Crippen LogP contribution in [-0.2, 0) is 20.1 Å². The van der Waals surface area contributed by atoms with Gasteiger partial charge in [0.15, 0.2) is 0 Å². The molecule has 12 heteroatoms. The fourth-order valence-corrected chi connectivity index (χ4v) is 1.93. The van der Waals surface area contributed by atoms with Gasteiger partial charge in [0.2, 0.25) is 5.72 Å². The molecule has 0 saturated heterocycles. The Bertz CT molecular complexity index is 743. The van der Waals surface area contributed by atoms with Crippen LogP contribution in [0.1, 0.15) is 5.56 Å². The molecule has 6 nitrogen and oxygen atoms in total. The first-order valence-corrected chi connectivity index (χ1v) is 6.30. The van der Waals surface area contributed by atoms with Gasteiger partial charge in [-0.2, -0.15) is 26.3 Å². The molecule has 1 aliphatic heterocycles. The molecule has 1 unspecified atom stereocenters. The topological polar surface area (TPSA) is 90.7 Å². The van der Waals surface area contributed by atoms with Crippen molar-refractivity contribution in [2.45, 2.75) is 18.1 Å². The maximum atomic E-state index is 12.4. The van der Waals surface area contributed by atoms with E-state index >= 15 is 0 Å². The molecule has 0 bridgehead atoms. The quantitative estimate of drug-likeness (QED) is 0.359. The number of nitrogens with one attached hydrogen (secondary N) is 1. The lowest BCUT2D eigenvalue weighted by Gasteiger charge is -2.32. The van der Waals surface area contributed by atoms with E-state index < -0.39 is 41.3 Å². The number of esters is 2. The zero-order valence-corrected chi connectivity index (χ0v) is 11.9. The third-order valence-corrected chi connectivity index (χ3v) is 2.91. The summed E-state index contributed by atoms with van der Waals surface area (Å²) in [6.07, 6.45) is -8.99. The Labute approximate surface area is 135 Å². The number of carbonyl (C=O) groups excluding carboxylic acids is 2. The summed E-state index contributed by atoms with van der Waals surface area (Å²) in [6, 6.07) is 3.22. The lowest BCUT2D eigenvalue weighted by Crippen LogP contribution is -2.45. The van der Waals surface area contributed by atoms with Crippen molar-refractivity contribution >= 4 is 17.6 Å². The van der Waals surface area contributed by atoms with E-state index in [1.165, 1.54) is 6.07 Å². The van der Waals surface area contributed by atoms with Crippen molar-refractivity contribution in [2.24, 2.45) is 5.73 Å². The molecule has 0 amide bonds. The summed E-state index contributed by atoms with van der Waals surface area (Å²) in [4.78, 5) is 22.1. The summed E-state index contributed by atoms with van der Waals surface area (Å²) >= 11 is 0. The van der Waals surface area contributed by atoms with E-state index in [4.69, 9.17) is 5.73 Å². The number of alkyl halides is 6. The summed E-state index contributed by atoms with van der Waals surface area (Å²) < 4.78 is 82.6. The molecule has 0 radical (unpaired) electrons. The van der Waals surface area contributed by atoms with Gasteiger partial charge in [0.05, 0.1) is 11.3 Å². The number of fused-ring (bicyclic) bond motifs is 1. The number of rotatable bonds is 2. The van der Waals surface area contributed by atoms with Crippen LogP contribution in [0, 0.1) is 0 Å². The van der Waals surface area contributed by atoms with Crippen LogP contribution in [0.15, 0.2) is 30.5 Å². The summed E-state index contributed by atoms with van der Waals surface area (Å²) in [7, 11) is 0. The second-order valence-electron chi connectivity index (χ2n) is 4.72. The van der Waals surface area contributed by atoms with Crippen LogP contribution in [0.5, 0.6) is 5.75 Å². The molecule has 1 atom stereocenters. The molecule has 0 fully saturated rings. The van der Waals surface area contributed by atoms with Gasteiger partial charge in [-0.15, -0.1) is 0 Å². The van der Waals surface area contributed by atoms with Crippen LogP contribution < -0.4 is 15.8 Å². The van der Waals surface area contributed by atoms with Crippen LogP contribution in [0.2, 0.25) is 0 Å². The number of benzene rings is 1. The van der Waals surface area contributed by atoms with Crippen LogP contribution >= 0.6 is 0 Å². The van der Waals surface area contributed by atoms with Gasteiger partial charge >= 0.3 is 24.3 Å². The normalized spacial score (nSPS) is 19.6. The highest BCUT2D eigenvalue weighted by Gasteiger charge is 2.48. The zero-order valence-electron chi connectivity index (χ0n) is 11.9. The highest BCUT2D eigenvalue weighted by Crippen LogP contribution is 2.40. The van der Waals surface area contributed by atoms with E-state index in [2.05, 4.69) is 14.8 Å². The average molecular weight is 370 g/mol. The Morgan fingerprint density at radius 2 is 1.64 bits per heavy atom. The molecule has 1 aromatic rings. The van der Waals surface area contributed by atoms with Crippen molar-refractivity contribution in [3.05, 3.63) is 36.0 Å². The van der Waals surface area contributed by atoms with Gasteiger partial charge in [-0.25, -0.2) is 9.59 Å². The number of carbonyl (C=O) groups is 2. The Kier molecular flexibility index (Phi) is 4.42. The smallest absolute Gasteiger partial charge is 0.429 e. The van der Waals surface area contributed by atoms with E-state index in [1.807, 2.05) is 0 Å². The molecule has 1 heterocycles. The molecular formula is C13H8F6N2O4. The Morgan fingerprint density at radius 3 is 2.20 bits per heavy atom. The number of anilines is 1. The number of nitrogens with two attached hydrogens (primary N) is 1. The third kappa shape index (κ3) is 3.84. The number of ether oxygens (including phenoxy) is 2. The molecule has 0 aliphatic carbocycles. The predicted molar refractivity (Wildman–Crippen MR) is 68.9 cm³/mol. The van der Waals surface area contributed by atoms with Crippen LogP contribution in [0.25, 0.3) is 0 Å². The van der Waals surface area contributed by atoms with Crippen molar-refractivity contribution in [1.82, 2.24) is 0 Å². The highest BCUT2D eigenvalue weighted by atomic mass is 19.4. The lowest BCUT2D eigenvalue weighted by atomic mass is 9.97. The minimum Gasteiger partial charge on any atom is -0.429 e. The third-order valence-electron chi connectivity index (χ3n) is 2.91. The minimum atomic E-state index is -5.40. The predicted octanol–water partition coefficient (Wildman–Crippen LogP) is 2.31. The molecule has 25 heavy (non-hydrogen) atoms. The molecular weight excluding hydrogens is 362 g/mol. The van der Waals surface area contributed by atoms with Gasteiger partial charge in [0.25, 0.3) is 0 Å². The van der Waals surface area contributed by atoms with E-state index in [0.717, 1.165) is 24.4 Å². The zero-order chi connectivity index (χ0) is 19.0. The van der Waals surface area contributed by atoms with Crippen LogP contribution in [0.4, 0.5) is 32.0 Å². The van der Waals surface area contributed by atoms with Crippen LogP contribution in [-0.4, -0.2) is 24.3 Å². The van der Waals surface area contributed by atoms with Gasteiger partial charge in [-0.1, -0.05) is 6.07 Å². The van der Waals surface area contributed by atoms with E-state index in [1.54, 1.807) is 0 Å². The lowest BCUT2D eigenvalue weighted by molar-refractivity contribution is -0.211. The van der Waals surface area contributed by atoms with Crippen molar-refractivity contribution in [3.8, 4) is 5.75 Å². The summed E-state index contributed by atoms with van der Waals surface area (Å²) in [5.41, 5.74) is 2.29. The van der Waals surface area contributed by atoms with Gasteiger partial charge in [-0.05, 0) is 18.2 Å². The number of hydrogen-bond donors (Lipinski definition) is 2. The first-order valence-electron chi connectivity index (χ1n) is 6.30. The van der Waals surface area contributed by atoms with Crippen molar-refractivity contribution in [3.63, 3.8) is 0 Å². The standard InChI is InChI=1S/C13H8F6N2O4/c14-12(15,16)9(22)24-7-3-1-2-6-8(7)11(20,4-5-21-6)25-10(23)13(17,18)19/h1-5,21H,20H2. The molecule has 0 spiro atoms. The molecule has 1 aromatic carbocycles. The van der Waals surface area contributed by atoms with E-state index in [-0.39, 0.29) is 5.69 Å². The van der Waals surface area contributed by atoms with Crippen molar-refractivity contribution in [1.29, 1.82) is 0 Å². The molecule has 0 aromatic heterocycles. The highest BCUT2D eigenvalue weighted by molar-refractivity contribution is 5.81. The summed E-state index contributed by atoms with van der Waals surface area (Å²) in [6.45, 7) is 0. The van der Waals surface area contributed by atoms with Gasteiger partial charge in [-0.3, -0.25) is 5.73 Å². The fraction of sp³-hybridized carbons (Fsp3) is 0.231. The van der Waals surface area contributed by atoms with E-state index in [0.29, 0.717) is 0 Å². The number of halogens is 6. The maximum Gasteiger partial charge on any atom is 0.491 e. The number of hydrogen-bond acceptors (Lipinski definition) is 6. The van der Waals surface area contributed by atoms with Gasteiger partial charge in [0.1, 0.15) is 5.75 Å². The Hall–Kier alpha value is -2.76. The molecule has 2 rings (SSSR count). The first-order chi connectivity index (χ1) is 11.3. The monoisotopic (exact) mass is 370 g/mol. The molecule has 0 saturated carbocycles. The van der Waals surface area contributed by atoms with Crippen LogP contribution in [0.3, 0.4) is 0 Å². The van der Waals surface area contributed by atoms with Gasteiger partial charge in [0, 0.05) is 6.20 Å². The second kappa shape index (κ2) is 5.95. The Balaban J connectivity index is 2.46. The first kappa shape index (κ1) is 18.6.